The van der Waals surface area contributed by atoms with Crippen LogP contribution in [0, 0.1) is 0 Å². The molecule has 0 saturated carbocycles. The molecule has 1 aromatic heterocycles. The van der Waals surface area contributed by atoms with Gasteiger partial charge < -0.3 is 9.30 Å². The molecule has 0 aliphatic rings. The summed E-state index contributed by atoms with van der Waals surface area (Å²) in [6, 6.07) is 20.0. The van der Waals surface area contributed by atoms with E-state index in [4.69, 9.17) is 0 Å². The minimum atomic E-state index is -4.83. The number of rotatable bonds is 6. The van der Waals surface area contributed by atoms with Crippen LogP contribution in [-0.2, 0) is 16.6 Å². The average molecular weight is 448 g/mol. The van der Waals surface area contributed by atoms with Gasteiger partial charge in [0.2, 0.25) is 10.0 Å². The largest absolute Gasteiger partial charge is 0.573 e. The number of nitrogens with zero attached hydrogens (tertiary/aromatic N) is 2. The van der Waals surface area contributed by atoms with Crippen molar-refractivity contribution in [3.63, 3.8) is 0 Å². The number of benzene rings is 3. The summed E-state index contributed by atoms with van der Waals surface area (Å²) in [6.07, 6.45) is -4.83. The minimum absolute atomic E-state index is 0.105. The molecular weight excluding hydrogens is 429 g/mol. The third kappa shape index (κ3) is 4.24. The minimum Gasteiger partial charge on any atom is -0.406 e. The van der Waals surface area contributed by atoms with Gasteiger partial charge in [0.1, 0.15) is 5.75 Å². The standard InChI is InChI=1S/C22H19F3N2O3S/c1-26(31(28,29)17-12-10-16(11-13-17)30-22(23,24)25)14-15-27-20-8-4-2-6-18(20)19-7-3-5-9-21(19)27/h2-13H,14-15H2,1H3. The Kier molecular flexibility index (Phi) is 5.40. The monoisotopic (exact) mass is 448 g/mol. The van der Waals surface area contributed by atoms with Gasteiger partial charge in [-0.15, -0.1) is 13.2 Å². The first-order valence-corrected chi connectivity index (χ1v) is 10.9. The van der Waals surface area contributed by atoms with Gasteiger partial charge in [-0.25, -0.2) is 8.42 Å². The molecule has 31 heavy (non-hydrogen) atoms. The van der Waals surface area contributed by atoms with Gasteiger partial charge in [-0.3, -0.25) is 0 Å². The van der Waals surface area contributed by atoms with Crippen LogP contribution < -0.4 is 4.74 Å². The van der Waals surface area contributed by atoms with E-state index in [0.717, 1.165) is 46.1 Å². The van der Waals surface area contributed by atoms with E-state index < -0.39 is 22.1 Å². The molecule has 0 N–H and O–H groups in total. The van der Waals surface area contributed by atoms with Gasteiger partial charge in [0, 0.05) is 41.9 Å². The van der Waals surface area contributed by atoms with Gasteiger partial charge in [-0.05, 0) is 36.4 Å². The second kappa shape index (κ2) is 7.90. The molecule has 4 rings (SSSR count). The van der Waals surface area contributed by atoms with E-state index >= 15 is 0 Å². The third-order valence-electron chi connectivity index (χ3n) is 5.08. The van der Waals surface area contributed by atoms with Gasteiger partial charge in [0.25, 0.3) is 0 Å². The fourth-order valence-corrected chi connectivity index (χ4v) is 4.76. The molecule has 9 heteroatoms. The van der Waals surface area contributed by atoms with Crippen molar-refractivity contribution in [1.82, 2.24) is 8.87 Å². The lowest BCUT2D eigenvalue weighted by atomic mass is 10.2. The van der Waals surface area contributed by atoms with Crippen LogP contribution in [0.2, 0.25) is 0 Å². The van der Waals surface area contributed by atoms with E-state index in [1.54, 1.807) is 0 Å². The molecule has 0 saturated heterocycles. The molecular formula is C22H19F3N2O3S. The lowest BCUT2D eigenvalue weighted by Crippen LogP contribution is -2.30. The number of alkyl halides is 3. The van der Waals surface area contributed by atoms with E-state index in [1.807, 2.05) is 48.5 Å². The number of halogens is 3. The highest BCUT2D eigenvalue weighted by atomic mass is 32.2. The van der Waals surface area contributed by atoms with Crippen LogP contribution in [0.25, 0.3) is 21.8 Å². The number of fused-ring (bicyclic) bond motifs is 3. The summed E-state index contributed by atoms with van der Waals surface area (Å²) in [5.74, 6) is -0.473. The Hall–Kier alpha value is -3.04. The zero-order valence-electron chi connectivity index (χ0n) is 16.5. The number of sulfonamides is 1. The van der Waals surface area contributed by atoms with Gasteiger partial charge in [-0.2, -0.15) is 4.31 Å². The molecule has 0 aliphatic carbocycles. The average Bonchev–Trinajstić information content (AvgIpc) is 3.05. The lowest BCUT2D eigenvalue weighted by molar-refractivity contribution is -0.274. The first-order chi connectivity index (χ1) is 14.7. The number of hydrogen-bond donors (Lipinski definition) is 0. The Morgan fingerprint density at radius 1 is 0.871 bits per heavy atom. The maximum Gasteiger partial charge on any atom is 0.573 e. The molecule has 5 nitrogen and oxygen atoms in total. The fourth-order valence-electron chi connectivity index (χ4n) is 3.60. The Labute approximate surface area is 177 Å². The Balaban J connectivity index is 1.56. The van der Waals surface area contributed by atoms with Crippen LogP contribution in [-0.4, -0.2) is 37.2 Å². The van der Waals surface area contributed by atoms with Gasteiger partial charge in [0.05, 0.1) is 4.90 Å². The fraction of sp³-hybridized carbons (Fsp3) is 0.182. The van der Waals surface area contributed by atoms with Crippen molar-refractivity contribution < 1.29 is 26.3 Å². The maximum absolute atomic E-state index is 12.9. The van der Waals surface area contributed by atoms with E-state index in [0.29, 0.717) is 6.54 Å². The summed E-state index contributed by atoms with van der Waals surface area (Å²) < 4.78 is 69.7. The summed E-state index contributed by atoms with van der Waals surface area (Å²) >= 11 is 0. The summed E-state index contributed by atoms with van der Waals surface area (Å²) in [5.41, 5.74) is 2.01. The number of ether oxygens (including phenoxy) is 1. The first kappa shape index (κ1) is 21.2. The highest BCUT2D eigenvalue weighted by Crippen LogP contribution is 2.29. The molecule has 0 spiro atoms. The van der Waals surface area contributed by atoms with Crippen molar-refractivity contribution in [2.24, 2.45) is 0 Å². The first-order valence-electron chi connectivity index (χ1n) is 9.45. The molecule has 4 aromatic rings. The SMILES string of the molecule is CN(CCn1c2ccccc2c2ccccc21)S(=O)(=O)c1ccc(OC(F)(F)F)cc1. The van der Waals surface area contributed by atoms with Crippen LogP contribution in [0.3, 0.4) is 0 Å². The topological polar surface area (TPSA) is 51.5 Å². The smallest absolute Gasteiger partial charge is 0.406 e. The highest BCUT2D eigenvalue weighted by molar-refractivity contribution is 7.89. The van der Waals surface area contributed by atoms with Crippen LogP contribution in [0.5, 0.6) is 5.75 Å². The molecule has 0 fully saturated rings. The van der Waals surface area contributed by atoms with E-state index in [2.05, 4.69) is 9.30 Å². The molecule has 0 unspecified atom stereocenters. The Morgan fingerprint density at radius 2 is 1.39 bits per heavy atom. The zero-order chi connectivity index (χ0) is 22.2. The van der Waals surface area contributed by atoms with Crippen molar-refractivity contribution >= 4 is 31.8 Å². The van der Waals surface area contributed by atoms with Crippen molar-refractivity contribution in [3.05, 3.63) is 72.8 Å². The predicted octanol–water partition coefficient (Wildman–Crippen LogP) is 5.01. The summed E-state index contributed by atoms with van der Waals surface area (Å²) in [6.45, 7) is 0.602. The molecule has 0 amide bonds. The predicted molar refractivity (Wildman–Crippen MR) is 112 cm³/mol. The van der Waals surface area contributed by atoms with E-state index in [9.17, 15) is 21.6 Å². The van der Waals surface area contributed by atoms with Crippen LogP contribution in [0.1, 0.15) is 0 Å². The molecule has 0 atom stereocenters. The molecule has 1 heterocycles. The number of para-hydroxylation sites is 2. The quantitative estimate of drug-likeness (QED) is 0.417. The van der Waals surface area contributed by atoms with E-state index in [1.165, 1.54) is 11.4 Å². The van der Waals surface area contributed by atoms with Crippen molar-refractivity contribution in [3.8, 4) is 5.75 Å². The molecule has 0 aliphatic heterocycles. The number of likely N-dealkylation sites (N-methyl/N-ethyl adjacent to an activating group) is 1. The van der Waals surface area contributed by atoms with E-state index in [-0.39, 0.29) is 11.4 Å². The molecule has 0 bridgehead atoms. The maximum atomic E-state index is 12.9. The van der Waals surface area contributed by atoms with Gasteiger partial charge in [-0.1, -0.05) is 36.4 Å². The molecule has 3 aromatic carbocycles. The molecule has 162 valence electrons. The van der Waals surface area contributed by atoms with Crippen molar-refractivity contribution in [2.75, 3.05) is 13.6 Å². The van der Waals surface area contributed by atoms with Gasteiger partial charge in [0.15, 0.2) is 0 Å². The Bertz CT molecular complexity index is 1280. The van der Waals surface area contributed by atoms with Gasteiger partial charge >= 0.3 is 6.36 Å². The lowest BCUT2D eigenvalue weighted by Gasteiger charge is -2.19. The van der Waals surface area contributed by atoms with Crippen molar-refractivity contribution in [2.45, 2.75) is 17.8 Å². The summed E-state index contributed by atoms with van der Waals surface area (Å²) in [7, 11) is -2.43. The molecule has 0 radical (unpaired) electrons. The number of hydrogen-bond acceptors (Lipinski definition) is 3. The van der Waals surface area contributed by atoms with Crippen LogP contribution in [0.15, 0.2) is 77.7 Å². The highest BCUT2D eigenvalue weighted by Gasteiger charge is 2.31. The zero-order valence-corrected chi connectivity index (χ0v) is 17.3. The summed E-state index contributed by atoms with van der Waals surface area (Å²) in [4.78, 5) is -0.105. The second-order valence-electron chi connectivity index (χ2n) is 7.03. The van der Waals surface area contributed by atoms with Crippen molar-refractivity contribution in [1.29, 1.82) is 0 Å². The second-order valence-corrected chi connectivity index (χ2v) is 9.08. The summed E-state index contributed by atoms with van der Waals surface area (Å²) in [5, 5.41) is 2.17. The van der Waals surface area contributed by atoms with Crippen LogP contribution in [0.4, 0.5) is 13.2 Å². The van der Waals surface area contributed by atoms with Crippen LogP contribution >= 0.6 is 0 Å². The Morgan fingerprint density at radius 3 is 1.90 bits per heavy atom. The third-order valence-corrected chi connectivity index (χ3v) is 6.95. The normalized spacial score (nSPS) is 12.7. The number of aromatic nitrogens is 1.